The Morgan fingerprint density at radius 1 is 1.15 bits per heavy atom. The number of hydrogen-bond donors (Lipinski definition) is 1. The third-order valence-electron chi connectivity index (χ3n) is 4.10. The maximum absolute atomic E-state index is 4.61. The molecule has 0 spiro atoms. The van der Waals surface area contributed by atoms with Crippen LogP contribution in [0.5, 0.6) is 0 Å². The molecule has 4 heteroatoms. The average Bonchev–Trinajstić information content (AvgIpc) is 2.70. The zero-order valence-electron chi connectivity index (χ0n) is 16.1. The van der Waals surface area contributed by atoms with E-state index in [1.54, 1.807) is 12.6 Å². The molecule has 2 aromatic rings. The van der Waals surface area contributed by atoms with Crippen LogP contribution in [0.1, 0.15) is 18.2 Å². The second-order valence-corrected chi connectivity index (χ2v) is 6.81. The van der Waals surface area contributed by atoms with Crippen molar-refractivity contribution in [2.45, 2.75) is 6.92 Å². The Labute approximate surface area is 166 Å². The quantitative estimate of drug-likeness (QED) is 0.357. The van der Waals surface area contributed by atoms with Crippen molar-refractivity contribution in [3.63, 3.8) is 0 Å². The third-order valence-corrected chi connectivity index (χ3v) is 4.94. The number of fused-ring (bicyclic) bond motifs is 1. The van der Waals surface area contributed by atoms with E-state index in [-0.39, 0.29) is 0 Å². The normalized spacial score (nSPS) is 12.0. The third kappa shape index (κ3) is 5.31. The molecule has 0 aliphatic heterocycles. The number of nitrogens with zero attached hydrogens (tertiary/aromatic N) is 2. The van der Waals surface area contributed by atoms with Gasteiger partial charge in [-0.25, -0.2) is 0 Å². The predicted molar refractivity (Wildman–Crippen MR) is 123 cm³/mol. The fourth-order valence-electron chi connectivity index (χ4n) is 2.44. The highest BCUT2D eigenvalue weighted by Crippen LogP contribution is 2.28. The number of benzene rings is 1. The molecule has 27 heavy (non-hydrogen) atoms. The molecule has 0 radical (unpaired) electrons. The van der Waals surface area contributed by atoms with Gasteiger partial charge in [-0.15, -0.1) is 0 Å². The zero-order valence-corrected chi connectivity index (χ0v) is 16.9. The average molecular weight is 376 g/mol. The second kappa shape index (κ2) is 9.74. The first-order chi connectivity index (χ1) is 13.0. The lowest BCUT2D eigenvalue weighted by molar-refractivity contribution is 1.02. The lowest BCUT2D eigenvalue weighted by Crippen LogP contribution is -2.04. The van der Waals surface area contributed by atoms with E-state index in [0.717, 1.165) is 43.8 Å². The highest BCUT2D eigenvalue weighted by atomic mass is 32.2. The number of pyridine rings is 1. The maximum Gasteiger partial charge on any atom is 0.0705 e. The monoisotopic (exact) mass is 375 g/mol. The standard InChI is InChI=1S/C23H25N3S/c1-7-19(9-8-16(2)17(3)25-6)23-13-22-12-20(18(4)27-15-24-5)10-11-21(22)14-26-23/h7-15,25H,2-4H2,1,5-6H3/b9-8-,19-7+,24-15?. The molecule has 0 fully saturated rings. The summed E-state index contributed by atoms with van der Waals surface area (Å²) in [7, 11) is 3.59. The van der Waals surface area contributed by atoms with E-state index in [1.807, 2.05) is 38.4 Å². The SMILES string of the molecule is C=C(/C=C\C(=C/C)c1cc2cc(C(=C)SC=NC)ccc2cn1)C(=C)NC. The zero-order chi connectivity index (χ0) is 19.8. The molecule has 1 heterocycles. The summed E-state index contributed by atoms with van der Waals surface area (Å²) in [6, 6.07) is 8.37. The number of allylic oxidation sites excluding steroid dienone is 4. The lowest BCUT2D eigenvalue weighted by Gasteiger charge is -2.08. The van der Waals surface area contributed by atoms with Crippen LogP contribution in [0.15, 0.2) is 84.7 Å². The van der Waals surface area contributed by atoms with Crippen molar-refractivity contribution in [2.75, 3.05) is 14.1 Å². The molecule has 1 aromatic carbocycles. The van der Waals surface area contributed by atoms with Gasteiger partial charge in [0.2, 0.25) is 0 Å². The van der Waals surface area contributed by atoms with E-state index in [4.69, 9.17) is 0 Å². The molecule has 0 aliphatic rings. The Morgan fingerprint density at radius 2 is 1.93 bits per heavy atom. The fraction of sp³-hybridized carbons (Fsp3) is 0.130. The highest BCUT2D eigenvalue weighted by Gasteiger charge is 2.05. The number of hydrogen-bond acceptors (Lipinski definition) is 4. The number of thioether (sulfide) groups is 1. The van der Waals surface area contributed by atoms with Gasteiger partial charge in [0.15, 0.2) is 0 Å². The minimum absolute atomic E-state index is 0.796. The van der Waals surface area contributed by atoms with Crippen molar-refractivity contribution in [1.29, 1.82) is 0 Å². The number of aromatic nitrogens is 1. The van der Waals surface area contributed by atoms with Crippen LogP contribution in [-0.2, 0) is 0 Å². The molecule has 0 saturated carbocycles. The Morgan fingerprint density at radius 3 is 2.59 bits per heavy atom. The summed E-state index contributed by atoms with van der Waals surface area (Å²) in [5, 5.41) is 5.22. The Balaban J connectivity index is 2.35. The van der Waals surface area contributed by atoms with Crippen molar-refractivity contribution in [3.8, 4) is 0 Å². The minimum Gasteiger partial charge on any atom is -0.388 e. The molecule has 0 unspecified atom stereocenters. The van der Waals surface area contributed by atoms with Gasteiger partial charge < -0.3 is 5.32 Å². The van der Waals surface area contributed by atoms with Gasteiger partial charge in [-0.1, -0.05) is 61.9 Å². The van der Waals surface area contributed by atoms with Gasteiger partial charge in [0.25, 0.3) is 0 Å². The van der Waals surface area contributed by atoms with Crippen molar-refractivity contribution < 1.29 is 0 Å². The summed E-state index contributed by atoms with van der Waals surface area (Å²) >= 11 is 1.52. The summed E-state index contributed by atoms with van der Waals surface area (Å²) in [5.41, 5.74) is 6.45. The molecular formula is C23H25N3S. The first kappa shape index (κ1) is 20.5. The van der Waals surface area contributed by atoms with Crippen LogP contribution >= 0.6 is 11.8 Å². The minimum atomic E-state index is 0.796. The first-order valence-electron chi connectivity index (χ1n) is 8.57. The lowest BCUT2D eigenvalue weighted by atomic mass is 10.0. The fourth-order valence-corrected chi connectivity index (χ4v) is 2.93. The number of likely N-dealkylation sites (N-methyl/N-ethyl adjacent to an activating group) is 1. The molecule has 2 rings (SSSR count). The van der Waals surface area contributed by atoms with Gasteiger partial charge >= 0.3 is 0 Å². The molecule has 1 aromatic heterocycles. The second-order valence-electron chi connectivity index (χ2n) is 5.87. The van der Waals surface area contributed by atoms with Crippen LogP contribution < -0.4 is 5.32 Å². The smallest absolute Gasteiger partial charge is 0.0705 e. The molecule has 138 valence electrons. The molecule has 0 amide bonds. The van der Waals surface area contributed by atoms with Crippen molar-refractivity contribution in [1.82, 2.24) is 10.3 Å². The largest absolute Gasteiger partial charge is 0.388 e. The van der Waals surface area contributed by atoms with E-state index < -0.39 is 0 Å². The van der Waals surface area contributed by atoms with Crippen molar-refractivity contribution >= 4 is 38.6 Å². The summed E-state index contributed by atoms with van der Waals surface area (Å²) in [6.45, 7) is 14.1. The number of nitrogens with one attached hydrogen (secondary N) is 1. The summed E-state index contributed by atoms with van der Waals surface area (Å²) in [6.07, 6.45) is 7.89. The van der Waals surface area contributed by atoms with Crippen molar-refractivity contribution in [2.24, 2.45) is 4.99 Å². The van der Waals surface area contributed by atoms with E-state index in [1.165, 1.54) is 11.8 Å². The van der Waals surface area contributed by atoms with E-state index >= 15 is 0 Å². The van der Waals surface area contributed by atoms with Crippen LogP contribution in [0.2, 0.25) is 0 Å². The molecule has 0 bridgehead atoms. The van der Waals surface area contributed by atoms with Gasteiger partial charge in [0.05, 0.1) is 11.2 Å². The maximum atomic E-state index is 4.61. The van der Waals surface area contributed by atoms with E-state index in [2.05, 4.69) is 59.3 Å². The van der Waals surface area contributed by atoms with Crippen LogP contribution in [0, 0.1) is 0 Å². The molecule has 0 aliphatic carbocycles. The molecule has 0 saturated heterocycles. The summed E-state index contributed by atoms with van der Waals surface area (Å²) in [5.74, 6) is 0. The van der Waals surface area contributed by atoms with E-state index in [0.29, 0.717) is 0 Å². The topological polar surface area (TPSA) is 37.3 Å². The summed E-state index contributed by atoms with van der Waals surface area (Å²) < 4.78 is 0. The number of aliphatic imine (C=N–C) groups is 1. The molecule has 1 N–H and O–H groups in total. The van der Waals surface area contributed by atoms with Crippen molar-refractivity contribution in [3.05, 3.63) is 91.0 Å². The number of rotatable bonds is 8. The Bertz CT molecular complexity index is 965. The molecule has 0 atom stereocenters. The van der Waals surface area contributed by atoms with E-state index in [9.17, 15) is 0 Å². The first-order valence-corrected chi connectivity index (χ1v) is 9.45. The predicted octanol–water partition coefficient (Wildman–Crippen LogP) is 5.85. The Hall–Kier alpha value is -2.85. The van der Waals surface area contributed by atoms with Crippen LogP contribution in [0.4, 0.5) is 0 Å². The van der Waals surface area contributed by atoms with Crippen LogP contribution in [0.25, 0.3) is 21.3 Å². The van der Waals surface area contributed by atoms with Gasteiger partial charge in [-0.3, -0.25) is 9.98 Å². The van der Waals surface area contributed by atoms with Gasteiger partial charge in [-0.05, 0) is 41.2 Å². The van der Waals surface area contributed by atoms with Gasteiger partial charge in [0.1, 0.15) is 0 Å². The van der Waals surface area contributed by atoms with Crippen LogP contribution in [-0.4, -0.2) is 24.6 Å². The van der Waals surface area contributed by atoms with Gasteiger partial charge in [-0.2, -0.15) is 0 Å². The van der Waals surface area contributed by atoms with Crippen LogP contribution in [0.3, 0.4) is 0 Å². The highest BCUT2D eigenvalue weighted by molar-refractivity contribution is 8.20. The molecule has 3 nitrogen and oxygen atoms in total. The molecular weight excluding hydrogens is 350 g/mol. The van der Waals surface area contributed by atoms with Gasteiger partial charge in [0, 0.05) is 36.3 Å². The summed E-state index contributed by atoms with van der Waals surface area (Å²) in [4.78, 5) is 9.57. The Kier molecular flexibility index (Phi) is 7.38.